The number of benzene rings is 3. The molecule has 3 aromatic carbocycles. The molecule has 1 aliphatic rings. The molecule has 156 valence electrons. The smallest absolute Gasteiger partial charge is 0.310 e. The van der Waals surface area contributed by atoms with E-state index in [1.165, 1.54) is 0 Å². The zero-order valence-corrected chi connectivity index (χ0v) is 17.1. The Labute approximate surface area is 181 Å². The molecule has 0 aliphatic heterocycles. The Kier molecular flexibility index (Phi) is 5.99. The number of amides is 1. The molecule has 0 bridgehead atoms. The van der Waals surface area contributed by atoms with Gasteiger partial charge in [-0.2, -0.15) is 5.26 Å². The predicted octanol–water partition coefficient (Wildman–Crippen LogP) is 3.58. The van der Waals surface area contributed by atoms with Crippen molar-refractivity contribution >= 4 is 5.91 Å². The molecule has 0 aromatic heterocycles. The fourth-order valence-corrected chi connectivity index (χ4v) is 3.85. The largest absolute Gasteiger partial charge is 0.486 e. The third kappa shape index (κ3) is 4.75. The average Bonchev–Trinajstić information content (AvgIpc) is 3.18. The van der Waals surface area contributed by atoms with Crippen LogP contribution in [0.25, 0.3) is 0 Å². The lowest BCUT2D eigenvalue weighted by atomic mass is 10.0. The topological polar surface area (TPSA) is 113 Å². The third-order valence-corrected chi connectivity index (χ3v) is 5.42. The Hall–Kier alpha value is -3.66. The van der Waals surface area contributed by atoms with Crippen molar-refractivity contribution in [1.82, 2.24) is 0 Å². The minimum Gasteiger partial charge on any atom is -0.486 e. The van der Waals surface area contributed by atoms with E-state index in [0.717, 1.165) is 41.0 Å². The molecule has 5 N–H and O–H groups in total. The van der Waals surface area contributed by atoms with Crippen LogP contribution < -0.4 is 20.9 Å². The van der Waals surface area contributed by atoms with Crippen molar-refractivity contribution in [2.45, 2.75) is 31.4 Å². The van der Waals surface area contributed by atoms with E-state index in [0.29, 0.717) is 11.3 Å². The summed E-state index contributed by atoms with van der Waals surface area (Å²) in [5, 5.41) is 8.95. The highest BCUT2D eigenvalue weighted by Crippen LogP contribution is 2.41. The molecule has 0 fully saturated rings. The van der Waals surface area contributed by atoms with Gasteiger partial charge in [-0.1, -0.05) is 24.3 Å². The summed E-state index contributed by atoms with van der Waals surface area (Å²) in [4.78, 5) is 11.2. The van der Waals surface area contributed by atoms with Gasteiger partial charge in [0.05, 0.1) is 18.1 Å². The number of fused-ring (bicyclic) bond motifs is 1. The Morgan fingerprint density at radius 3 is 2.48 bits per heavy atom. The van der Waals surface area contributed by atoms with Gasteiger partial charge in [0.15, 0.2) is 0 Å². The van der Waals surface area contributed by atoms with Crippen molar-refractivity contribution in [3.8, 4) is 23.3 Å². The number of ether oxygens (including phenoxy) is 2. The second-order valence-electron chi connectivity index (χ2n) is 7.63. The number of rotatable bonds is 7. The van der Waals surface area contributed by atoms with Gasteiger partial charge in [0.2, 0.25) is 0 Å². The van der Waals surface area contributed by atoms with Crippen molar-refractivity contribution < 1.29 is 20.0 Å². The summed E-state index contributed by atoms with van der Waals surface area (Å²) in [6.07, 6.45) is 1.89. The maximum atomic E-state index is 11.2. The van der Waals surface area contributed by atoms with Crippen LogP contribution in [0.5, 0.6) is 17.2 Å². The van der Waals surface area contributed by atoms with E-state index in [2.05, 4.69) is 17.9 Å². The van der Waals surface area contributed by atoms with Crippen LogP contribution in [-0.4, -0.2) is 5.91 Å². The number of quaternary nitrogens is 1. The summed E-state index contributed by atoms with van der Waals surface area (Å²) in [6, 6.07) is 22.4. The molecule has 0 heterocycles. The molecule has 6 nitrogen and oxygen atoms in total. The van der Waals surface area contributed by atoms with Gasteiger partial charge in [0, 0.05) is 11.6 Å². The van der Waals surface area contributed by atoms with Crippen LogP contribution >= 0.6 is 0 Å². The van der Waals surface area contributed by atoms with E-state index >= 15 is 0 Å². The van der Waals surface area contributed by atoms with Gasteiger partial charge in [-0.3, -0.25) is 5.73 Å². The molecule has 1 unspecified atom stereocenters. The zero-order chi connectivity index (χ0) is 21.8. The van der Waals surface area contributed by atoms with E-state index < -0.39 is 0 Å². The van der Waals surface area contributed by atoms with Crippen LogP contribution in [0.4, 0.5) is 0 Å². The molecular weight excluding hydrogens is 390 g/mol. The van der Waals surface area contributed by atoms with Crippen LogP contribution in [0.1, 0.15) is 47.2 Å². The minimum absolute atomic E-state index is 0.0551. The number of carbonyl (C=O) groups excluding carboxylic acids is 1. The number of nitrogens with two attached hydrogens (primary N) is 1. The van der Waals surface area contributed by atoms with Gasteiger partial charge in [0.25, 0.3) is 0 Å². The zero-order valence-electron chi connectivity index (χ0n) is 17.1. The van der Waals surface area contributed by atoms with Crippen LogP contribution in [0.15, 0.2) is 66.7 Å². The first-order valence-corrected chi connectivity index (χ1v) is 10.2. The van der Waals surface area contributed by atoms with Gasteiger partial charge < -0.3 is 15.2 Å². The first-order chi connectivity index (χ1) is 15.0. The second-order valence-corrected chi connectivity index (χ2v) is 7.63. The van der Waals surface area contributed by atoms with Crippen molar-refractivity contribution in [1.29, 1.82) is 5.26 Å². The molecule has 6 heteroatoms. The van der Waals surface area contributed by atoms with Gasteiger partial charge in [-0.15, -0.1) is 0 Å². The molecule has 0 saturated heterocycles. The number of hydrogen-bond acceptors (Lipinski definition) is 5. The van der Waals surface area contributed by atoms with Crippen molar-refractivity contribution in [3.05, 3.63) is 89.0 Å². The summed E-state index contributed by atoms with van der Waals surface area (Å²) in [5.74, 6) is 2.10. The maximum Gasteiger partial charge on any atom is 0.310 e. The average molecular weight is 414 g/mol. The summed E-state index contributed by atoms with van der Waals surface area (Å²) in [5.41, 5.74) is 13.2. The highest BCUT2D eigenvalue weighted by molar-refractivity contribution is 5.65. The monoisotopic (exact) mass is 414 g/mol. The van der Waals surface area contributed by atoms with Crippen LogP contribution in [0.3, 0.4) is 0 Å². The standard InChI is InChI=1S/C25H23N3O3/c26-15-16-4-8-18(9-5-16)30-23-3-1-2-20-21(23)12-13-24(20)31-19-10-6-17(7-11-19)22(27)14-25(28)29/h1-11,22,24H,12-14,27H2,(H2,28,29)/p+1/t22?,24-/m1/s1. The highest BCUT2D eigenvalue weighted by atomic mass is 16.5. The molecule has 31 heavy (non-hydrogen) atoms. The fraction of sp³-hybridized carbons (Fsp3) is 0.200. The maximum absolute atomic E-state index is 11.2. The lowest BCUT2D eigenvalue weighted by Gasteiger charge is -2.17. The summed E-state index contributed by atoms with van der Waals surface area (Å²) < 4.78 is 12.3. The third-order valence-electron chi connectivity index (χ3n) is 5.42. The van der Waals surface area contributed by atoms with Crippen LogP contribution in [-0.2, 0) is 11.2 Å². The van der Waals surface area contributed by atoms with E-state index in [4.69, 9.17) is 20.5 Å². The van der Waals surface area contributed by atoms with E-state index in [9.17, 15) is 4.79 Å². The highest BCUT2D eigenvalue weighted by Gasteiger charge is 2.27. The Morgan fingerprint density at radius 1 is 1.10 bits per heavy atom. The van der Waals surface area contributed by atoms with E-state index in [-0.39, 0.29) is 24.5 Å². The summed E-state index contributed by atoms with van der Waals surface area (Å²) in [6.45, 7) is 0. The first kappa shape index (κ1) is 20.6. The number of hydrogen-bond donors (Lipinski definition) is 2. The van der Waals surface area contributed by atoms with E-state index in [1.54, 1.807) is 24.3 Å². The van der Waals surface area contributed by atoms with Crippen LogP contribution in [0, 0.1) is 11.3 Å². The normalized spacial score (nSPS) is 15.6. The molecule has 0 spiro atoms. The van der Waals surface area contributed by atoms with E-state index in [1.807, 2.05) is 36.4 Å². The Balaban J connectivity index is 1.47. The quantitative estimate of drug-likeness (QED) is 0.614. The number of nitrogens with zero attached hydrogens (tertiary/aromatic N) is 1. The molecular formula is C25H24N3O3+. The van der Waals surface area contributed by atoms with Gasteiger partial charge in [0.1, 0.15) is 23.4 Å². The number of carbonyl (C=O) groups is 1. The molecule has 0 radical (unpaired) electrons. The predicted molar refractivity (Wildman–Crippen MR) is 115 cm³/mol. The van der Waals surface area contributed by atoms with Crippen molar-refractivity contribution in [3.63, 3.8) is 0 Å². The van der Waals surface area contributed by atoms with Gasteiger partial charge >= 0.3 is 5.91 Å². The molecule has 0 saturated carbocycles. The lowest BCUT2D eigenvalue weighted by Crippen LogP contribution is -2.57. The molecule has 2 atom stereocenters. The van der Waals surface area contributed by atoms with Gasteiger partial charge in [-0.05, 0) is 66.4 Å². The first-order valence-electron chi connectivity index (χ1n) is 10.2. The lowest BCUT2D eigenvalue weighted by molar-refractivity contribution is -0.306. The van der Waals surface area contributed by atoms with Crippen LogP contribution in [0.2, 0.25) is 0 Å². The Morgan fingerprint density at radius 2 is 1.81 bits per heavy atom. The Bertz CT molecular complexity index is 1120. The molecule has 1 aliphatic carbocycles. The number of nitriles is 1. The van der Waals surface area contributed by atoms with Crippen molar-refractivity contribution in [2.24, 2.45) is 5.73 Å². The fourth-order valence-electron chi connectivity index (χ4n) is 3.85. The molecule has 1 amide bonds. The van der Waals surface area contributed by atoms with Gasteiger partial charge in [-0.25, -0.2) is 4.79 Å². The summed E-state index contributed by atoms with van der Waals surface area (Å²) in [7, 11) is 0. The SMILES string of the molecule is N#Cc1ccc(Oc2cccc3c2CC[C@H]3Oc2ccc(C(N)CC([NH3+])=O)cc2)cc1. The minimum atomic E-state index is -0.354. The second kappa shape index (κ2) is 9.00. The van der Waals surface area contributed by atoms with Crippen molar-refractivity contribution in [2.75, 3.05) is 0 Å². The summed E-state index contributed by atoms with van der Waals surface area (Å²) >= 11 is 0. The molecule has 4 rings (SSSR count). The molecule has 3 aromatic rings.